The normalized spacial score (nSPS) is 13.7. The molecule has 4 rings (SSSR count). The van der Waals surface area contributed by atoms with Crippen molar-refractivity contribution in [2.24, 2.45) is 7.05 Å². The highest BCUT2D eigenvalue weighted by Crippen LogP contribution is 2.36. The van der Waals surface area contributed by atoms with Crippen LogP contribution < -0.4 is 10.6 Å². The van der Waals surface area contributed by atoms with E-state index in [2.05, 4.69) is 27.3 Å². The van der Waals surface area contributed by atoms with Crippen LogP contribution in [0, 0.1) is 0 Å². The summed E-state index contributed by atoms with van der Waals surface area (Å²) in [5.41, 5.74) is 0.0309. The van der Waals surface area contributed by atoms with E-state index in [1.807, 2.05) is 0 Å². The van der Waals surface area contributed by atoms with Gasteiger partial charge in [-0.05, 0) is 25.1 Å². The molecular formula is C24H26Cl2F3N7O2. The maximum Gasteiger partial charge on any atom is 0.435 e. The lowest BCUT2D eigenvalue weighted by Crippen LogP contribution is -2.46. The second kappa shape index (κ2) is 11.6. The number of nitrogens with one attached hydrogen (secondary N) is 2. The van der Waals surface area contributed by atoms with Gasteiger partial charge in [-0.15, -0.1) is 12.4 Å². The van der Waals surface area contributed by atoms with E-state index in [1.54, 1.807) is 11.8 Å². The van der Waals surface area contributed by atoms with Gasteiger partial charge in [0.15, 0.2) is 11.5 Å². The molecule has 2 amide bonds. The molecule has 0 saturated carbocycles. The van der Waals surface area contributed by atoms with Gasteiger partial charge in [0.2, 0.25) is 0 Å². The van der Waals surface area contributed by atoms with E-state index < -0.39 is 17.8 Å². The molecule has 2 aromatic heterocycles. The van der Waals surface area contributed by atoms with Crippen LogP contribution in [0.25, 0.3) is 11.3 Å². The summed E-state index contributed by atoms with van der Waals surface area (Å²) in [4.78, 5) is 31.4. The van der Waals surface area contributed by atoms with Crippen molar-refractivity contribution < 1.29 is 22.8 Å². The minimum atomic E-state index is -4.71. The predicted molar refractivity (Wildman–Crippen MR) is 140 cm³/mol. The summed E-state index contributed by atoms with van der Waals surface area (Å²) in [5.74, 6) is -0.979. The summed E-state index contributed by atoms with van der Waals surface area (Å²) >= 11 is 6.33. The van der Waals surface area contributed by atoms with Gasteiger partial charge in [-0.3, -0.25) is 14.3 Å². The molecule has 2 N–H and O–H groups in total. The number of carbonyl (C=O) groups excluding carboxylic acids is 2. The van der Waals surface area contributed by atoms with E-state index in [9.17, 15) is 22.8 Å². The smallest absolute Gasteiger partial charge is 0.336 e. The fourth-order valence-corrected chi connectivity index (χ4v) is 4.30. The Balaban J connectivity index is 0.00000400. The van der Waals surface area contributed by atoms with Crippen molar-refractivity contribution in [2.45, 2.75) is 19.6 Å². The van der Waals surface area contributed by atoms with Crippen LogP contribution in [-0.4, -0.2) is 62.2 Å². The van der Waals surface area contributed by atoms with Gasteiger partial charge in [0.1, 0.15) is 0 Å². The van der Waals surface area contributed by atoms with Gasteiger partial charge in [0, 0.05) is 45.1 Å². The van der Waals surface area contributed by atoms with E-state index in [4.69, 9.17) is 11.6 Å². The highest BCUT2D eigenvalue weighted by atomic mass is 35.5. The summed E-state index contributed by atoms with van der Waals surface area (Å²) in [5, 5.41) is 9.64. The van der Waals surface area contributed by atoms with Gasteiger partial charge in [0.05, 0.1) is 34.6 Å². The van der Waals surface area contributed by atoms with E-state index in [0.29, 0.717) is 43.0 Å². The fraction of sp³-hybridized carbons (Fsp3) is 0.333. The number of allylic oxidation sites excluding steroid dienone is 1. The topological polar surface area (TPSA) is 97.1 Å². The summed E-state index contributed by atoms with van der Waals surface area (Å²) in [6.45, 7) is 8.03. The van der Waals surface area contributed by atoms with Crippen LogP contribution in [0.4, 0.5) is 18.9 Å². The Morgan fingerprint density at radius 3 is 2.53 bits per heavy atom. The predicted octanol–water partition coefficient (Wildman–Crippen LogP) is 4.25. The van der Waals surface area contributed by atoms with Crippen LogP contribution >= 0.6 is 24.0 Å². The molecule has 0 aliphatic carbocycles. The van der Waals surface area contributed by atoms with Crippen LogP contribution in [0.5, 0.6) is 0 Å². The number of imidazole rings is 1. The molecule has 3 heterocycles. The molecule has 1 aliphatic rings. The molecule has 0 bridgehead atoms. The summed E-state index contributed by atoms with van der Waals surface area (Å²) < 4.78 is 43.4. The van der Waals surface area contributed by atoms with Gasteiger partial charge >= 0.3 is 6.18 Å². The average Bonchev–Trinajstić information content (AvgIpc) is 3.42. The number of nitrogens with zero attached hydrogens (tertiary/aromatic N) is 5. The first-order chi connectivity index (χ1) is 17.5. The third-order valence-corrected chi connectivity index (χ3v) is 6.10. The second-order valence-corrected chi connectivity index (χ2v) is 9.17. The molecule has 38 heavy (non-hydrogen) atoms. The molecule has 1 aliphatic heterocycles. The van der Waals surface area contributed by atoms with Crippen LogP contribution in [0.3, 0.4) is 0 Å². The van der Waals surface area contributed by atoms with Crippen molar-refractivity contribution in [3.05, 3.63) is 64.8 Å². The fourth-order valence-electron chi connectivity index (χ4n) is 4.04. The Kier molecular flexibility index (Phi) is 8.90. The molecule has 204 valence electrons. The third kappa shape index (κ3) is 6.20. The quantitative estimate of drug-likeness (QED) is 0.431. The van der Waals surface area contributed by atoms with Gasteiger partial charge in [-0.25, -0.2) is 4.98 Å². The van der Waals surface area contributed by atoms with Crippen molar-refractivity contribution in [1.29, 1.82) is 0 Å². The molecule has 0 radical (unpaired) electrons. The Morgan fingerprint density at radius 1 is 1.24 bits per heavy atom. The Bertz CT molecular complexity index is 1360. The molecule has 0 atom stereocenters. The number of anilines is 1. The van der Waals surface area contributed by atoms with Gasteiger partial charge in [-0.2, -0.15) is 18.3 Å². The molecule has 14 heteroatoms. The van der Waals surface area contributed by atoms with E-state index in [1.165, 1.54) is 42.2 Å². The Hall–Kier alpha value is -3.35. The Morgan fingerprint density at radius 2 is 1.92 bits per heavy atom. The van der Waals surface area contributed by atoms with Crippen molar-refractivity contribution >= 4 is 41.5 Å². The lowest BCUT2D eigenvalue weighted by molar-refractivity contribution is -0.141. The third-order valence-electron chi connectivity index (χ3n) is 5.79. The van der Waals surface area contributed by atoms with Crippen LogP contribution in [0.1, 0.15) is 33.6 Å². The highest BCUT2D eigenvalue weighted by molar-refractivity contribution is 6.34. The standard InChI is InChI=1S/C24H25ClF3N7O2.ClH/c1-14(2)12-35-13-17(20(32-35)24(26,27)28)19-11-30-21(33(19)3)22(36)31-15-4-5-16(18(25)10-15)23(37)34-8-6-29-7-9-34;/h4-5,10-11,13,29H,1,6-9,12H2,2-3H3,(H,31,36);1H. The van der Waals surface area contributed by atoms with E-state index in [-0.39, 0.29) is 47.0 Å². The van der Waals surface area contributed by atoms with Crippen LogP contribution in [-0.2, 0) is 19.8 Å². The Labute approximate surface area is 228 Å². The van der Waals surface area contributed by atoms with E-state index in [0.717, 1.165) is 4.68 Å². The van der Waals surface area contributed by atoms with Gasteiger partial charge in [0.25, 0.3) is 11.8 Å². The SMILES string of the molecule is C=C(C)Cn1cc(-c2cnc(C(=O)Nc3ccc(C(=O)N4CCNCC4)c(Cl)c3)n2C)c(C(F)(F)F)n1.Cl. The number of rotatable bonds is 6. The lowest BCUT2D eigenvalue weighted by Gasteiger charge is -2.27. The largest absolute Gasteiger partial charge is 0.435 e. The van der Waals surface area contributed by atoms with Crippen molar-refractivity contribution in [3.8, 4) is 11.3 Å². The van der Waals surface area contributed by atoms with Crippen molar-refractivity contribution in [3.63, 3.8) is 0 Å². The second-order valence-electron chi connectivity index (χ2n) is 8.76. The minimum Gasteiger partial charge on any atom is -0.336 e. The maximum absolute atomic E-state index is 13.7. The number of carbonyl (C=O) groups is 2. The minimum absolute atomic E-state index is 0. The summed E-state index contributed by atoms with van der Waals surface area (Å²) in [6.07, 6.45) is -2.26. The zero-order chi connectivity index (χ0) is 26.9. The van der Waals surface area contributed by atoms with E-state index >= 15 is 0 Å². The average molecular weight is 572 g/mol. The van der Waals surface area contributed by atoms with Gasteiger partial charge < -0.3 is 20.1 Å². The molecule has 1 aromatic carbocycles. The number of hydrogen-bond acceptors (Lipinski definition) is 5. The van der Waals surface area contributed by atoms with Crippen molar-refractivity contribution in [2.75, 3.05) is 31.5 Å². The van der Waals surface area contributed by atoms with Crippen LogP contribution in [0.2, 0.25) is 5.02 Å². The first-order valence-corrected chi connectivity index (χ1v) is 11.8. The zero-order valence-electron chi connectivity index (χ0n) is 20.6. The monoisotopic (exact) mass is 571 g/mol. The first-order valence-electron chi connectivity index (χ1n) is 11.4. The van der Waals surface area contributed by atoms with Crippen LogP contribution in [0.15, 0.2) is 42.7 Å². The highest BCUT2D eigenvalue weighted by Gasteiger charge is 2.38. The number of benzene rings is 1. The van der Waals surface area contributed by atoms with Gasteiger partial charge in [-0.1, -0.05) is 23.8 Å². The number of piperazine rings is 1. The number of halogens is 5. The molecule has 9 nitrogen and oxygen atoms in total. The molecule has 1 saturated heterocycles. The number of aromatic nitrogens is 4. The molecule has 3 aromatic rings. The lowest BCUT2D eigenvalue weighted by atomic mass is 10.1. The molecule has 1 fully saturated rings. The zero-order valence-corrected chi connectivity index (χ0v) is 22.2. The summed E-state index contributed by atoms with van der Waals surface area (Å²) in [7, 11) is 1.44. The van der Waals surface area contributed by atoms with Crippen molar-refractivity contribution in [1.82, 2.24) is 29.5 Å². The molecular weight excluding hydrogens is 546 g/mol. The maximum atomic E-state index is 13.7. The number of hydrogen-bond donors (Lipinski definition) is 2. The number of alkyl halides is 3. The number of amides is 2. The summed E-state index contributed by atoms with van der Waals surface area (Å²) in [6, 6.07) is 4.51. The molecule has 0 unspecified atom stereocenters. The first kappa shape index (κ1) is 29.2. The molecule has 0 spiro atoms.